The first-order chi connectivity index (χ1) is 13.2. The van der Waals surface area contributed by atoms with Gasteiger partial charge >= 0.3 is 0 Å². The fourth-order valence-corrected chi connectivity index (χ4v) is 3.64. The number of ketones is 1. The molecule has 0 atom stereocenters. The molecule has 0 aliphatic heterocycles. The van der Waals surface area contributed by atoms with Crippen LogP contribution in [0.15, 0.2) is 78.3 Å². The molecule has 4 rings (SSSR count). The second-order valence-corrected chi connectivity index (χ2v) is 6.87. The molecule has 0 saturated heterocycles. The van der Waals surface area contributed by atoms with Gasteiger partial charge in [-0.3, -0.25) is 14.3 Å². The van der Waals surface area contributed by atoms with Crippen molar-refractivity contribution in [3.8, 4) is 17.1 Å². The first-order valence-corrected chi connectivity index (χ1v) is 9.41. The Hall–Kier alpha value is -3.19. The summed E-state index contributed by atoms with van der Waals surface area (Å²) in [6.07, 6.45) is 5.32. The minimum absolute atomic E-state index is 0.0561. The molecule has 1 aromatic carbocycles. The lowest BCUT2D eigenvalue weighted by molar-refractivity contribution is 0.101. The maximum atomic E-state index is 12.5. The van der Waals surface area contributed by atoms with Crippen LogP contribution < -0.4 is 0 Å². The second-order valence-electron chi connectivity index (χ2n) is 5.93. The molecule has 0 unspecified atom stereocenters. The Labute approximate surface area is 160 Å². The summed E-state index contributed by atoms with van der Waals surface area (Å²) in [5, 5.41) is 9.39. The first-order valence-electron chi connectivity index (χ1n) is 8.42. The first kappa shape index (κ1) is 17.2. The van der Waals surface area contributed by atoms with Crippen LogP contribution in [0, 0.1) is 0 Å². The number of nitrogens with zero attached hydrogens (tertiary/aromatic N) is 5. The molecular weight excluding hydrogens is 358 g/mol. The molecule has 0 spiro atoms. The molecular formula is C20H17N5OS. The average molecular weight is 375 g/mol. The normalized spacial score (nSPS) is 10.9. The van der Waals surface area contributed by atoms with E-state index < -0.39 is 0 Å². The predicted molar refractivity (Wildman–Crippen MR) is 105 cm³/mol. The Bertz CT molecular complexity index is 1060. The average Bonchev–Trinajstić information content (AvgIpc) is 3.33. The molecule has 0 amide bonds. The van der Waals surface area contributed by atoms with Crippen LogP contribution in [0.25, 0.3) is 17.1 Å². The molecule has 27 heavy (non-hydrogen) atoms. The van der Waals surface area contributed by atoms with Gasteiger partial charge in [-0.25, -0.2) is 0 Å². The smallest absolute Gasteiger partial charge is 0.196 e. The predicted octanol–water partition coefficient (Wildman–Crippen LogP) is 3.64. The molecule has 0 N–H and O–H groups in total. The molecule has 134 valence electrons. The standard InChI is InChI=1S/C20H17N5OS/c1-24-13-5-8-17(24)18(26)14-27-20-23-22-19(15-9-11-21-12-10-15)25(20)16-6-3-2-4-7-16/h2-13H,14H2,1H3. The number of para-hydroxylation sites is 1. The van der Waals surface area contributed by atoms with E-state index in [2.05, 4.69) is 15.2 Å². The van der Waals surface area contributed by atoms with Gasteiger partial charge in [-0.05, 0) is 36.4 Å². The quantitative estimate of drug-likeness (QED) is 0.380. The molecule has 0 radical (unpaired) electrons. The van der Waals surface area contributed by atoms with Gasteiger partial charge in [0.15, 0.2) is 16.8 Å². The largest absolute Gasteiger partial charge is 0.348 e. The number of Topliss-reactive ketones (excluding diaryl/α,β-unsaturated/α-hetero) is 1. The van der Waals surface area contributed by atoms with Crippen molar-refractivity contribution in [2.75, 3.05) is 5.75 Å². The molecule has 4 aromatic rings. The van der Waals surface area contributed by atoms with Crippen molar-refractivity contribution >= 4 is 17.5 Å². The Morgan fingerprint density at radius 2 is 1.78 bits per heavy atom. The molecule has 3 aromatic heterocycles. The van der Waals surface area contributed by atoms with Crippen molar-refractivity contribution in [2.45, 2.75) is 5.16 Å². The van der Waals surface area contributed by atoms with Crippen LogP contribution in [-0.2, 0) is 7.05 Å². The lowest BCUT2D eigenvalue weighted by atomic mass is 10.2. The van der Waals surface area contributed by atoms with Crippen LogP contribution in [0.3, 0.4) is 0 Å². The maximum Gasteiger partial charge on any atom is 0.196 e. The number of hydrogen-bond acceptors (Lipinski definition) is 5. The third kappa shape index (κ3) is 3.54. The maximum absolute atomic E-state index is 12.5. The van der Waals surface area contributed by atoms with Crippen molar-refractivity contribution in [1.29, 1.82) is 0 Å². The van der Waals surface area contributed by atoms with Crippen molar-refractivity contribution in [1.82, 2.24) is 24.3 Å². The third-order valence-electron chi connectivity index (χ3n) is 4.15. The lowest BCUT2D eigenvalue weighted by Crippen LogP contribution is -2.08. The second kappa shape index (κ2) is 7.59. The number of carbonyl (C=O) groups is 1. The molecule has 7 heteroatoms. The molecule has 0 bridgehead atoms. The van der Waals surface area contributed by atoms with Gasteiger partial charge in [-0.1, -0.05) is 30.0 Å². The number of thioether (sulfide) groups is 1. The number of aromatic nitrogens is 5. The Kier molecular flexibility index (Phi) is 4.84. The third-order valence-corrected chi connectivity index (χ3v) is 5.08. The van der Waals surface area contributed by atoms with Crippen LogP contribution in [0.4, 0.5) is 0 Å². The Balaban J connectivity index is 1.68. The van der Waals surface area contributed by atoms with Gasteiger partial charge in [0.1, 0.15) is 0 Å². The zero-order chi connectivity index (χ0) is 18.6. The van der Waals surface area contributed by atoms with Crippen molar-refractivity contribution < 1.29 is 4.79 Å². The van der Waals surface area contributed by atoms with Gasteiger partial charge in [0.2, 0.25) is 0 Å². The van der Waals surface area contributed by atoms with Crippen LogP contribution in [-0.4, -0.2) is 35.9 Å². The fraction of sp³-hybridized carbons (Fsp3) is 0.100. The topological polar surface area (TPSA) is 65.6 Å². The molecule has 3 heterocycles. The summed E-state index contributed by atoms with van der Waals surface area (Å²) < 4.78 is 3.80. The zero-order valence-corrected chi connectivity index (χ0v) is 15.5. The van der Waals surface area contributed by atoms with E-state index in [1.807, 2.05) is 77.0 Å². The number of rotatable bonds is 6. The summed E-state index contributed by atoms with van der Waals surface area (Å²) in [5.41, 5.74) is 2.55. The van der Waals surface area contributed by atoms with E-state index in [4.69, 9.17) is 0 Å². The van der Waals surface area contributed by atoms with Crippen molar-refractivity contribution in [2.24, 2.45) is 7.05 Å². The molecule has 0 fully saturated rings. The van der Waals surface area contributed by atoms with Crippen molar-refractivity contribution in [3.63, 3.8) is 0 Å². The van der Waals surface area contributed by atoms with E-state index in [1.54, 1.807) is 12.4 Å². The van der Waals surface area contributed by atoms with Crippen molar-refractivity contribution in [3.05, 3.63) is 78.9 Å². The Morgan fingerprint density at radius 1 is 1.00 bits per heavy atom. The molecule has 6 nitrogen and oxygen atoms in total. The molecule has 0 saturated carbocycles. The number of benzene rings is 1. The van der Waals surface area contributed by atoms with Gasteiger partial charge in [0.25, 0.3) is 0 Å². The van der Waals surface area contributed by atoms with Gasteiger partial charge in [-0.2, -0.15) is 0 Å². The monoisotopic (exact) mass is 375 g/mol. The minimum Gasteiger partial charge on any atom is -0.348 e. The summed E-state index contributed by atoms with van der Waals surface area (Å²) >= 11 is 1.38. The van der Waals surface area contributed by atoms with Gasteiger partial charge < -0.3 is 4.57 Å². The summed E-state index contributed by atoms with van der Waals surface area (Å²) in [5.74, 6) is 1.07. The minimum atomic E-state index is 0.0561. The number of pyridine rings is 1. The summed E-state index contributed by atoms with van der Waals surface area (Å²) in [6, 6.07) is 17.4. The van der Waals surface area contributed by atoms with Gasteiger partial charge in [0, 0.05) is 36.9 Å². The van der Waals surface area contributed by atoms with Gasteiger partial charge in [0.05, 0.1) is 11.4 Å². The molecule has 0 aliphatic carbocycles. The zero-order valence-electron chi connectivity index (χ0n) is 14.7. The highest BCUT2D eigenvalue weighted by Gasteiger charge is 2.18. The van der Waals surface area contributed by atoms with E-state index in [0.29, 0.717) is 16.6 Å². The summed E-state index contributed by atoms with van der Waals surface area (Å²) in [6.45, 7) is 0. The summed E-state index contributed by atoms with van der Waals surface area (Å²) in [7, 11) is 1.87. The number of hydrogen-bond donors (Lipinski definition) is 0. The lowest BCUT2D eigenvalue weighted by Gasteiger charge is -2.10. The van der Waals surface area contributed by atoms with Crippen LogP contribution in [0.2, 0.25) is 0 Å². The SMILES string of the molecule is Cn1cccc1C(=O)CSc1nnc(-c2ccncc2)n1-c1ccccc1. The number of carbonyl (C=O) groups excluding carboxylic acids is 1. The van der Waals surface area contributed by atoms with Crippen LogP contribution >= 0.6 is 11.8 Å². The van der Waals surface area contributed by atoms with E-state index in [0.717, 1.165) is 17.1 Å². The van der Waals surface area contributed by atoms with Crippen LogP contribution in [0.1, 0.15) is 10.5 Å². The van der Waals surface area contributed by atoms with E-state index in [-0.39, 0.29) is 5.78 Å². The Morgan fingerprint density at radius 3 is 2.48 bits per heavy atom. The highest BCUT2D eigenvalue weighted by Crippen LogP contribution is 2.28. The van der Waals surface area contributed by atoms with E-state index in [9.17, 15) is 4.79 Å². The van der Waals surface area contributed by atoms with E-state index >= 15 is 0 Å². The van der Waals surface area contributed by atoms with Crippen LogP contribution in [0.5, 0.6) is 0 Å². The van der Waals surface area contributed by atoms with E-state index in [1.165, 1.54) is 11.8 Å². The van der Waals surface area contributed by atoms with Gasteiger partial charge in [-0.15, -0.1) is 10.2 Å². The fourth-order valence-electron chi connectivity index (χ4n) is 2.82. The highest BCUT2D eigenvalue weighted by molar-refractivity contribution is 7.99. The molecule has 0 aliphatic rings. The highest BCUT2D eigenvalue weighted by atomic mass is 32.2. The summed E-state index contributed by atoms with van der Waals surface area (Å²) in [4.78, 5) is 16.6. The number of aryl methyl sites for hydroxylation is 1.